The molecule has 1 aromatic heterocycles. The lowest BCUT2D eigenvalue weighted by Gasteiger charge is -1.98. The number of aromatic nitrogens is 2. The van der Waals surface area contributed by atoms with Crippen LogP contribution in [0.25, 0.3) is 0 Å². The van der Waals surface area contributed by atoms with Crippen LogP contribution in [0.1, 0.15) is 25.7 Å². The van der Waals surface area contributed by atoms with E-state index in [2.05, 4.69) is 27.9 Å². The Hall–Kier alpha value is -0.640. The average molecular weight is 229 g/mol. The minimum absolute atomic E-state index is 0.612. The molecule has 3 nitrogen and oxygen atoms in total. The van der Waals surface area contributed by atoms with Gasteiger partial charge in [0.05, 0.1) is 13.6 Å². The molecule has 0 saturated carbocycles. The van der Waals surface area contributed by atoms with Crippen LogP contribution in [0.3, 0.4) is 0 Å². The van der Waals surface area contributed by atoms with Crippen LogP contribution in [-0.4, -0.2) is 20.8 Å². The van der Waals surface area contributed by atoms with Crippen molar-refractivity contribution in [2.75, 3.05) is 12.0 Å². The molecular formula is C11H21N2OS+. The normalized spacial score (nSPS) is 12.9. The minimum Gasteiger partial charge on any atom is -0.260 e. The topological polar surface area (TPSA) is 25.9 Å². The number of aryl methyl sites for hydroxylation is 2. The van der Waals surface area contributed by atoms with Crippen molar-refractivity contribution in [2.24, 2.45) is 7.05 Å². The van der Waals surface area contributed by atoms with Gasteiger partial charge in [-0.05, 0) is 19.3 Å². The van der Waals surface area contributed by atoms with Crippen LogP contribution in [0.2, 0.25) is 0 Å². The summed E-state index contributed by atoms with van der Waals surface area (Å²) in [5.74, 6) is 0.860. The van der Waals surface area contributed by atoms with Gasteiger partial charge in [0.15, 0.2) is 0 Å². The lowest BCUT2D eigenvalue weighted by atomic mass is 10.2. The van der Waals surface area contributed by atoms with Crippen molar-refractivity contribution in [3.05, 3.63) is 18.7 Å². The fourth-order valence-electron chi connectivity index (χ4n) is 1.59. The van der Waals surface area contributed by atoms with Crippen molar-refractivity contribution in [1.29, 1.82) is 0 Å². The molecule has 0 amide bonds. The number of nitrogens with zero attached hydrogens (tertiary/aromatic N) is 2. The Morgan fingerprint density at radius 3 is 2.60 bits per heavy atom. The van der Waals surface area contributed by atoms with Crippen LogP contribution in [-0.2, 0) is 24.4 Å². The Morgan fingerprint density at radius 1 is 1.27 bits per heavy atom. The molecular weight excluding hydrogens is 208 g/mol. The van der Waals surface area contributed by atoms with Gasteiger partial charge < -0.3 is 0 Å². The zero-order chi connectivity index (χ0) is 11.1. The summed E-state index contributed by atoms with van der Waals surface area (Å²) in [6.07, 6.45) is 12.8. The van der Waals surface area contributed by atoms with Crippen LogP contribution in [0.15, 0.2) is 18.7 Å². The lowest BCUT2D eigenvalue weighted by molar-refractivity contribution is -0.671. The second-order valence-corrected chi connectivity index (χ2v) is 5.56. The van der Waals surface area contributed by atoms with E-state index in [1.807, 2.05) is 7.05 Å². The number of rotatable bonds is 7. The zero-order valence-corrected chi connectivity index (χ0v) is 10.5. The molecule has 0 aliphatic carbocycles. The molecule has 1 aromatic rings. The third-order valence-corrected chi connectivity index (χ3v) is 3.29. The van der Waals surface area contributed by atoms with Gasteiger partial charge in [0.1, 0.15) is 12.4 Å². The molecule has 1 rings (SSSR count). The highest BCUT2D eigenvalue weighted by Gasteiger charge is 1.99. The van der Waals surface area contributed by atoms with E-state index in [-0.39, 0.29) is 0 Å². The quantitative estimate of drug-likeness (QED) is 0.510. The molecule has 1 unspecified atom stereocenters. The summed E-state index contributed by atoms with van der Waals surface area (Å²) in [5.41, 5.74) is 0. The van der Waals surface area contributed by atoms with Gasteiger partial charge in [-0.1, -0.05) is 6.42 Å². The molecule has 4 heteroatoms. The van der Waals surface area contributed by atoms with E-state index in [1.54, 1.807) is 6.26 Å². The summed E-state index contributed by atoms with van der Waals surface area (Å²) >= 11 is 0. The third-order valence-electron chi connectivity index (χ3n) is 2.42. The molecule has 0 fully saturated rings. The lowest BCUT2D eigenvalue weighted by Crippen LogP contribution is -2.23. The van der Waals surface area contributed by atoms with E-state index in [4.69, 9.17) is 0 Å². The van der Waals surface area contributed by atoms with Gasteiger partial charge in [-0.15, -0.1) is 0 Å². The molecule has 0 aromatic carbocycles. The standard InChI is InChI=1S/C11H21N2OS/c1-12-8-9-13(11-12)7-5-3-4-6-10-15(2)14/h8-9,11H,3-7,10H2,1-2H3/q+1. The second kappa shape index (κ2) is 6.77. The van der Waals surface area contributed by atoms with Crippen LogP contribution in [0, 0.1) is 0 Å². The maximum atomic E-state index is 10.8. The van der Waals surface area contributed by atoms with Crippen molar-refractivity contribution in [2.45, 2.75) is 32.2 Å². The molecule has 1 heterocycles. The first kappa shape index (κ1) is 12.4. The van der Waals surface area contributed by atoms with Crippen molar-refractivity contribution in [3.8, 4) is 0 Å². The second-order valence-electron chi connectivity index (χ2n) is 4.01. The fraction of sp³-hybridized carbons (Fsp3) is 0.727. The Morgan fingerprint density at radius 2 is 2.00 bits per heavy atom. The van der Waals surface area contributed by atoms with Crippen molar-refractivity contribution in [1.82, 2.24) is 4.57 Å². The van der Waals surface area contributed by atoms with Gasteiger partial charge in [-0.25, -0.2) is 9.13 Å². The summed E-state index contributed by atoms with van der Waals surface area (Å²) in [7, 11) is 1.42. The number of hydrogen-bond donors (Lipinski definition) is 0. The van der Waals surface area contributed by atoms with Gasteiger partial charge in [-0.2, -0.15) is 0 Å². The SMILES string of the molecule is C[n+]1ccn(CCCCCCS(C)=O)c1. The molecule has 86 valence electrons. The van der Waals surface area contributed by atoms with Crippen LogP contribution in [0.4, 0.5) is 0 Å². The molecule has 0 spiro atoms. The van der Waals surface area contributed by atoms with E-state index < -0.39 is 10.8 Å². The van der Waals surface area contributed by atoms with E-state index in [9.17, 15) is 4.21 Å². The van der Waals surface area contributed by atoms with Crippen LogP contribution >= 0.6 is 0 Å². The molecule has 0 N–H and O–H groups in total. The maximum absolute atomic E-state index is 10.8. The van der Waals surface area contributed by atoms with E-state index >= 15 is 0 Å². The summed E-state index contributed by atoms with van der Waals surface area (Å²) in [6, 6.07) is 0. The Labute approximate surface area is 94.6 Å². The summed E-state index contributed by atoms with van der Waals surface area (Å²) in [6.45, 7) is 1.09. The molecule has 15 heavy (non-hydrogen) atoms. The molecule has 1 atom stereocenters. The van der Waals surface area contributed by atoms with Gasteiger partial charge >= 0.3 is 0 Å². The van der Waals surface area contributed by atoms with Gasteiger partial charge in [0.25, 0.3) is 0 Å². The molecule has 0 aliphatic rings. The molecule has 0 saturated heterocycles. The summed E-state index contributed by atoms with van der Waals surface area (Å²) in [5, 5.41) is 0. The highest BCUT2D eigenvalue weighted by molar-refractivity contribution is 7.84. The van der Waals surface area contributed by atoms with E-state index in [1.165, 1.54) is 19.3 Å². The highest BCUT2D eigenvalue weighted by atomic mass is 32.2. The monoisotopic (exact) mass is 229 g/mol. The minimum atomic E-state index is -0.612. The first-order valence-electron chi connectivity index (χ1n) is 5.49. The van der Waals surface area contributed by atoms with Crippen LogP contribution in [0.5, 0.6) is 0 Å². The largest absolute Gasteiger partial charge is 0.260 e. The Kier molecular flexibility index (Phi) is 5.61. The number of unbranched alkanes of at least 4 members (excludes halogenated alkanes) is 3. The first-order valence-corrected chi connectivity index (χ1v) is 7.22. The number of imidazole rings is 1. The van der Waals surface area contributed by atoms with Gasteiger partial charge in [-0.3, -0.25) is 4.21 Å². The van der Waals surface area contributed by atoms with Crippen molar-refractivity contribution < 1.29 is 8.78 Å². The molecule has 0 bridgehead atoms. The van der Waals surface area contributed by atoms with Crippen LogP contribution < -0.4 is 4.57 Å². The molecule has 0 radical (unpaired) electrons. The molecule has 0 aliphatic heterocycles. The van der Waals surface area contributed by atoms with Gasteiger partial charge in [0, 0.05) is 22.8 Å². The Bertz CT molecular complexity index is 309. The predicted octanol–water partition coefficient (Wildman–Crippen LogP) is 1.25. The van der Waals surface area contributed by atoms with Gasteiger partial charge in [0.2, 0.25) is 6.33 Å². The summed E-state index contributed by atoms with van der Waals surface area (Å²) in [4.78, 5) is 0. The average Bonchev–Trinajstić information content (AvgIpc) is 2.57. The summed E-state index contributed by atoms with van der Waals surface area (Å²) < 4.78 is 15.1. The van der Waals surface area contributed by atoms with Crippen molar-refractivity contribution >= 4 is 10.8 Å². The smallest absolute Gasteiger partial charge is 0.243 e. The number of hydrogen-bond acceptors (Lipinski definition) is 1. The highest BCUT2D eigenvalue weighted by Crippen LogP contribution is 2.02. The van der Waals surface area contributed by atoms with Crippen molar-refractivity contribution in [3.63, 3.8) is 0 Å². The third kappa shape index (κ3) is 5.72. The Balaban J connectivity index is 2.00. The first-order chi connectivity index (χ1) is 7.18. The zero-order valence-electron chi connectivity index (χ0n) is 9.69. The fourth-order valence-corrected chi connectivity index (χ4v) is 2.20. The maximum Gasteiger partial charge on any atom is 0.243 e. The predicted molar refractivity (Wildman–Crippen MR) is 63.0 cm³/mol. The van der Waals surface area contributed by atoms with E-state index in [0.29, 0.717) is 0 Å². The van der Waals surface area contributed by atoms with E-state index in [0.717, 1.165) is 18.7 Å².